The Morgan fingerprint density at radius 2 is 1.94 bits per heavy atom. The molecule has 4 nitrogen and oxygen atoms in total. The van der Waals surface area contributed by atoms with Crippen LogP contribution in [0.3, 0.4) is 0 Å². The molecule has 17 heavy (non-hydrogen) atoms. The van der Waals surface area contributed by atoms with Crippen molar-refractivity contribution < 1.29 is 9.59 Å². The van der Waals surface area contributed by atoms with Gasteiger partial charge in [-0.1, -0.05) is 17.7 Å². The summed E-state index contributed by atoms with van der Waals surface area (Å²) >= 11 is 1.63. The Morgan fingerprint density at radius 1 is 1.24 bits per heavy atom. The van der Waals surface area contributed by atoms with Crippen molar-refractivity contribution in [1.82, 2.24) is 4.90 Å². The van der Waals surface area contributed by atoms with Gasteiger partial charge in [-0.2, -0.15) is 0 Å². The molecule has 2 aliphatic rings. The van der Waals surface area contributed by atoms with Crippen LogP contribution in [0.1, 0.15) is 5.56 Å². The number of imide groups is 1. The SMILES string of the molecule is Cc1ccc(N2C(=O)C3CSCN3C2=O)cc1. The number of amides is 3. The fraction of sp³-hybridized carbons (Fsp3) is 0.333. The maximum Gasteiger partial charge on any atom is 0.332 e. The number of benzene rings is 1. The monoisotopic (exact) mass is 248 g/mol. The van der Waals surface area contributed by atoms with Gasteiger partial charge in [0, 0.05) is 5.75 Å². The minimum absolute atomic E-state index is 0.0937. The van der Waals surface area contributed by atoms with E-state index >= 15 is 0 Å². The zero-order chi connectivity index (χ0) is 12.0. The van der Waals surface area contributed by atoms with E-state index in [1.54, 1.807) is 16.7 Å². The molecule has 2 fully saturated rings. The zero-order valence-corrected chi connectivity index (χ0v) is 10.2. The molecule has 0 spiro atoms. The largest absolute Gasteiger partial charge is 0.332 e. The number of anilines is 1. The minimum atomic E-state index is -0.256. The predicted molar refractivity (Wildman–Crippen MR) is 67.0 cm³/mol. The van der Waals surface area contributed by atoms with Crippen molar-refractivity contribution in [3.05, 3.63) is 29.8 Å². The molecule has 2 aliphatic heterocycles. The molecular formula is C12H12N2O2S. The van der Waals surface area contributed by atoms with Crippen molar-refractivity contribution in [2.24, 2.45) is 0 Å². The molecule has 0 aromatic heterocycles. The van der Waals surface area contributed by atoms with Gasteiger partial charge in [-0.15, -0.1) is 11.8 Å². The summed E-state index contributed by atoms with van der Waals surface area (Å²) in [6.45, 7) is 1.98. The second kappa shape index (κ2) is 3.77. The van der Waals surface area contributed by atoms with Gasteiger partial charge in [0.05, 0.1) is 11.6 Å². The Hall–Kier alpha value is -1.49. The Balaban J connectivity index is 1.96. The topological polar surface area (TPSA) is 40.6 Å². The van der Waals surface area contributed by atoms with Crippen LogP contribution in [0.5, 0.6) is 0 Å². The van der Waals surface area contributed by atoms with E-state index in [0.717, 1.165) is 5.56 Å². The lowest BCUT2D eigenvalue weighted by molar-refractivity contribution is -0.118. The number of urea groups is 1. The maximum absolute atomic E-state index is 12.1. The number of thioether (sulfide) groups is 1. The van der Waals surface area contributed by atoms with Gasteiger partial charge in [0.2, 0.25) is 0 Å². The van der Waals surface area contributed by atoms with Crippen molar-refractivity contribution >= 4 is 29.4 Å². The van der Waals surface area contributed by atoms with Gasteiger partial charge in [-0.05, 0) is 19.1 Å². The summed E-state index contributed by atoms with van der Waals surface area (Å²) in [6, 6.07) is 7.02. The highest BCUT2D eigenvalue weighted by Crippen LogP contribution is 2.32. The molecular weight excluding hydrogens is 236 g/mol. The van der Waals surface area contributed by atoms with Crippen molar-refractivity contribution in [3.8, 4) is 0 Å². The normalized spacial score (nSPS) is 23.5. The van der Waals surface area contributed by atoms with Crippen LogP contribution in [0.2, 0.25) is 0 Å². The van der Waals surface area contributed by atoms with Gasteiger partial charge in [0.1, 0.15) is 6.04 Å². The molecule has 2 heterocycles. The van der Waals surface area contributed by atoms with Crippen molar-refractivity contribution in [2.45, 2.75) is 13.0 Å². The first-order valence-corrected chi connectivity index (χ1v) is 6.63. The molecule has 1 atom stereocenters. The summed E-state index contributed by atoms with van der Waals surface area (Å²) in [5, 5.41) is 0. The highest BCUT2D eigenvalue weighted by atomic mass is 32.2. The number of hydrogen-bond donors (Lipinski definition) is 0. The van der Waals surface area contributed by atoms with E-state index in [4.69, 9.17) is 0 Å². The standard InChI is InChI=1S/C12H12N2O2S/c1-8-2-4-9(5-3-8)14-11(15)10-6-17-7-13(10)12(14)16/h2-5,10H,6-7H2,1H3. The second-order valence-corrected chi connectivity index (χ2v) is 5.28. The van der Waals surface area contributed by atoms with Crippen LogP contribution in [-0.2, 0) is 4.79 Å². The molecule has 1 aromatic carbocycles. The second-order valence-electron chi connectivity index (χ2n) is 4.28. The molecule has 88 valence electrons. The van der Waals surface area contributed by atoms with Crippen molar-refractivity contribution in [2.75, 3.05) is 16.5 Å². The molecule has 1 unspecified atom stereocenters. The fourth-order valence-electron chi connectivity index (χ4n) is 2.14. The Kier molecular flexibility index (Phi) is 2.36. The first kappa shape index (κ1) is 10.7. The van der Waals surface area contributed by atoms with Crippen LogP contribution in [0.15, 0.2) is 24.3 Å². The summed E-state index contributed by atoms with van der Waals surface area (Å²) < 4.78 is 0. The molecule has 0 radical (unpaired) electrons. The lowest BCUT2D eigenvalue weighted by Crippen LogP contribution is -2.32. The number of rotatable bonds is 1. The lowest BCUT2D eigenvalue weighted by Gasteiger charge is -2.15. The molecule has 0 N–H and O–H groups in total. The average molecular weight is 248 g/mol. The summed E-state index contributed by atoms with van der Waals surface area (Å²) in [7, 11) is 0. The lowest BCUT2D eigenvalue weighted by atomic mass is 10.2. The molecule has 0 saturated carbocycles. The minimum Gasteiger partial charge on any atom is -0.302 e. The summed E-state index contributed by atoms with van der Waals surface area (Å²) in [5.41, 5.74) is 1.79. The van der Waals surface area contributed by atoms with E-state index in [1.807, 2.05) is 31.2 Å². The number of carbonyl (C=O) groups is 2. The number of aryl methyl sites for hydroxylation is 1. The summed E-state index contributed by atoms with van der Waals surface area (Å²) in [4.78, 5) is 27.2. The molecule has 3 rings (SSSR count). The number of hydrogen-bond acceptors (Lipinski definition) is 3. The van der Waals surface area contributed by atoms with Gasteiger partial charge in [-0.3, -0.25) is 4.79 Å². The quantitative estimate of drug-likeness (QED) is 0.712. The van der Waals surface area contributed by atoms with Crippen LogP contribution in [0, 0.1) is 6.92 Å². The van der Waals surface area contributed by atoms with E-state index in [0.29, 0.717) is 17.3 Å². The fourth-order valence-corrected chi connectivity index (χ4v) is 3.28. The summed E-state index contributed by atoms with van der Waals surface area (Å²) in [6.07, 6.45) is 0. The van der Waals surface area contributed by atoms with Gasteiger partial charge < -0.3 is 4.90 Å². The van der Waals surface area contributed by atoms with Crippen LogP contribution in [-0.4, -0.2) is 34.5 Å². The summed E-state index contributed by atoms with van der Waals surface area (Å²) in [5.74, 6) is 1.24. The molecule has 5 heteroatoms. The van der Waals surface area contributed by atoms with E-state index in [1.165, 1.54) is 4.90 Å². The Morgan fingerprint density at radius 3 is 2.59 bits per heavy atom. The third kappa shape index (κ3) is 1.53. The maximum atomic E-state index is 12.1. The first-order chi connectivity index (χ1) is 8.18. The number of fused-ring (bicyclic) bond motifs is 1. The predicted octanol–water partition coefficient (Wildman–Crippen LogP) is 1.84. The first-order valence-electron chi connectivity index (χ1n) is 5.47. The Bertz CT molecular complexity index is 464. The molecule has 3 amide bonds. The van der Waals surface area contributed by atoms with E-state index in [9.17, 15) is 9.59 Å². The van der Waals surface area contributed by atoms with Gasteiger partial charge in [0.25, 0.3) is 5.91 Å². The van der Waals surface area contributed by atoms with E-state index in [-0.39, 0.29) is 18.0 Å². The highest BCUT2D eigenvalue weighted by molar-refractivity contribution is 7.99. The van der Waals surface area contributed by atoms with E-state index in [2.05, 4.69) is 0 Å². The molecule has 1 aromatic rings. The highest BCUT2D eigenvalue weighted by Gasteiger charge is 2.48. The smallest absolute Gasteiger partial charge is 0.302 e. The molecule has 0 bridgehead atoms. The average Bonchev–Trinajstić information content (AvgIpc) is 2.87. The van der Waals surface area contributed by atoms with Crippen LogP contribution >= 0.6 is 11.8 Å². The zero-order valence-electron chi connectivity index (χ0n) is 9.42. The number of carbonyl (C=O) groups excluding carboxylic acids is 2. The third-order valence-corrected chi connectivity index (χ3v) is 4.13. The van der Waals surface area contributed by atoms with Crippen LogP contribution < -0.4 is 4.90 Å². The van der Waals surface area contributed by atoms with Gasteiger partial charge in [0.15, 0.2) is 0 Å². The third-order valence-electron chi connectivity index (χ3n) is 3.12. The van der Waals surface area contributed by atoms with Crippen molar-refractivity contribution in [1.29, 1.82) is 0 Å². The van der Waals surface area contributed by atoms with E-state index < -0.39 is 0 Å². The van der Waals surface area contributed by atoms with Crippen LogP contribution in [0.4, 0.5) is 10.5 Å². The molecule has 2 saturated heterocycles. The Labute approximate surface area is 104 Å². The van der Waals surface area contributed by atoms with Gasteiger partial charge >= 0.3 is 6.03 Å². The molecule has 0 aliphatic carbocycles. The number of nitrogens with zero attached hydrogens (tertiary/aromatic N) is 2. The van der Waals surface area contributed by atoms with Gasteiger partial charge in [-0.25, -0.2) is 9.69 Å². The van der Waals surface area contributed by atoms with Crippen molar-refractivity contribution in [3.63, 3.8) is 0 Å². The van der Waals surface area contributed by atoms with Crippen LogP contribution in [0.25, 0.3) is 0 Å².